The maximum Gasteiger partial charge on any atom is 0.291 e. The summed E-state index contributed by atoms with van der Waals surface area (Å²) in [5.74, 6) is 0. The maximum absolute atomic E-state index is 8.36. The smallest absolute Gasteiger partial charge is 0.291 e. The van der Waals surface area contributed by atoms with Gasteiger partial charge in [-0.15, -0.1) is 10.1 Å². The Kier molecular flexibility index (Phi) is 629. The summed E-state index contributed by atoms with van der Waals surface area (Å²) in [6, 6.07) is 0. The predicted octanol–water partition coefficient (Wildman–Crippen LogP) is -4.85. The van der Waals surface area contributed by atoms with E-state index in [0.717, 1.165) is 0 Å². The molecule has 0 aromatic heterocycles. The molecular weight excluding hydrogens is 257 g/mol. The molecule has 0 bridgehead atoms. The molecule has 0 aliphatic heterocycles. The van der Waals surface area contributed by atoms with Gasteiger partial charge in [-0.05, 0) is 0 Å². The fraction of sp³-hybridized carbons (Fsp3) is 0. The largest absolute Gasteiger partial charge is 0.412 e. The van der Waals surface area contributed by atoms with Gasteiger partial charge >= 0.3 is 0 Å². The maximum atomic E-state index is 8.36. The van der Waals surface area contributed by atoms with Crippen molar-refractivity contribution in [2.75, 3.05) is 0 Å². The van der Waals surface area contributed by atoms with E-state index < -0.39 is 5.09 Å². The molecule has 0 aliphatic rings. The van der Waals surface area contributed by atoms with Crippen LogP contribution in [-0.2, 0) is 0 Å². The molecular formula is H11InNO8. The molecule has 3 radical (unpaired) electrons. The molecule has 0 amide bonds. The Morgan fingerprint density at radius 1 is 1.00 bits per heavy atom. The summed E-state index contributed by atoms with van der Waals surface area (Å²) < 4.78 is 0. The van der Waals surface area contributed by atoms with Crippen molar-refractivity contribution in [1.29, 1.82) is 0 Å². The molecule has 10 heavy (non-hydrogen) atoms. The standard InChI is InChI=1S/In.HNO3.5H2O/c;2-1(3)4;;;;;/h;(H,2,3,4);5*1H2. The summed E-state index contributed by atoms with van der Waals surface area (Å²) in [5.41, 5.74) is 0. The van der Waals surface area contributed by atoms with Crippen LogP contribution in [0.5, 0.6) is 0 Å². The first kappa shape index (κ1) is 94.3. The van der Waals surface area contributed by atoms with Gasteiger partial charge in [-0.2, -0.15) is 0 Å². The molecule has 0 atom stereocenters. The van der Waals surface area contributed by atoms with E-state index in [2.05, 4.69) is 0 Å². The molecule has 0 unspecified atom stereocenters. The van der Waals surface area contributed by atoms with Gasteiger partial charge in [0.25, 0.3) is 5.09 Å². The first-order valence-corrected chi connectivity index (χ1v) is 0.565. The van der Waals surface area contributed by atoms with Crippen molar-refractivity contribution in [3.05, 3.63) is 10.1 Å². The zero-order chi connectivity index (χ0) is 3.58. The average Bonchev–Trinajstić information content (AvgIpc) is 0.811. The van der Waals surface area contributed by atoms with Crippen LogP contribution < -0.4 is 0 Å². The normalized spacial score (nSPS) is 2.40. The molecule has 0 aliphatic carbocycles. The first-order valence-electron chi connectivity index (χ1n) is 0.565. The molecule has 0 rings (SSSR count). The quantitative estimate of drug-likeness (QED) is 0.337. The van der Waals surface area contributed by atoms with Crippen LogP contribution in [0, 0.1) is 10.1 Å². The second-order valence-corrected chi connectivity index (χ2v) is 0.238. The molecule has 10 heteroatoms. The molecule has 9 nitrogen and oxygen atoms in total. The zero-order valence-corrected chi connectivity index (χ0v) is 8.08. The van der Waals surface area contributed by atoms with E-state index in [9.17, 15) is 0 Å². The third-order valence-electron chi connectivity index (χ3n) is 0. The second-order valence-electron chi connectivity index (χ2n) is 0.238. The summed E-state index contributed by atoms with van der Waals surface area (Å²) in [5, 5.41) is 13.6. The molecule has 0 heterocycles. The fourth-order valence-electron chi connectivity index (χ4n) is 0. The molecule has 11 N–H and O–H groups in total. The van der Waals surface area contributed by atoms with E-state index >= 15 is 0 Å². The summed E-state index contributed by atoms with van der Waals surface area (Å²) >= 11 is 0. The van der Waals surface area contributed by atoms with Gasteiger partial charge in [0.1, 0.15) is 0 Å². The van der Waals surface area contributed by atoms with Gasteiger partial charge in [-0.25, -0.2) is 0 Å². The minimum absolute atomic E-state index is 0. The Balaban J connectivity index is -0.00000000300. The predicted molar refractivity (Wildman–Crippen MR) is 32.6 cm³/mol. The van der Waals surface area contributed by atoms with Crippen molar-refractivity contribution >= 4 is 25.8 Å². The average molecular weight is 268 g/mol. The number of rotatable bonds is 0. The van der Waals surface area contributed by atoms with Crippen molar-refractivity contribution in [2.24, 2.45) is 0 Å². The van der Waals surface area contributed by atoms with Crippen LogP contribution in [0.15, 0.2) is 0 Å². The Morgan fingerprint density at radius 3 is 1.00 bits per heavy atom. The van der Waals surface area contributed by atoms with Crippen LogP contribution in [0.2, 0.25) is 0 Å². The van der Waals surface area contributed by atoms with Gasteiger partial charge in [0, 0.05) is 25.8 Å². The summed E-state index contributed by atoms with van der Waals surface area (Å²) in [4.78, 5) is 8.36. The van der Waals surface area contributed by atoms with Gasteiger partial charge in [-0.3, -0.25) is 0 Å². The van der Waals surface area contributed by atoms with E-state index in [-0.39, 0.29) is 53.2 Å². The van der Waals surface area contributed by atoms with E-state index in [0.29, 0.717) is 0 Å². The van der Waals surface area contributed by atoms with E-state index in [4.69, 9.17) is 15.3 Å². The molecule has 0 aromatic carbocycles. The van der Waals surface area contributed by atoms with Crippen LogP contribution in [0.1, 0.15) is 0 Å². The third kappa shape index (κ3) is 22000. The summed E-state index contributed by atoms with van der Waals surface area (Å²) in [7, 11) is 0. The Bertz CT molecular complexity index is 32.2. The zero-order valence-electron chi connectivity index (χ0n) is 4.79. The van der Waals surface area contributed by atoms with Crippen LogP contribution in [0.25, 0.3) is 0 Å². The molecule has 67 valence electrons. The van der Waals surface area contributed by atoms with E-state index in [1.54, 1.807) is 0 Å². The number of hydrogen-bond acceptors (Lipinski definition) is 2. The Morgan fingerprint density at radius 2 is 1.00 bits per heavy atom. The van der Waals surface area contributed by atoms with Crippen LogP contribution in [0.4, 0.5) is 0 Å². The van der Waals surface area contributed by atoms with Gasteiger partial charge in [0.2, 0.25) is 0 Å². The number of hydrogen-bond donors (Lipinski definition) is 1. The van der Waals surface area contributed by atoms with Gasteiger partial charge < -0.3 is 32.6 Å². The molecule has 0 saturated carbocycles. The Hall–Kier alpha value is -0.130. The third-order valence-corrected chi connectivity index (χ3v) is 0. The van der Waals surface area contributed by atoms with E-state index in [1.165, 1.54) is 0 Å². The summed E-state index contributed by atoms with van der Waals surface area (Å²) in [6.45, 7) is 0. The van der Waals surface area contributed by atoms with Crippen molar-refractivity contribution in [1.82, 2.24) is 0 Å². The van der Waals surface area contributed by atoms with E-state index in [1.807, 2.05) is 0 Å². The minimum Gasteiger partial charge on any atom is -0.412 e. The molecule has 0 fully saturated rings. The molecule has 0 aromatic rings. The second kappa shape index (κ2) is 66.7. The Labute approximate surface area is 74.1 Å². The van der Waals surface area contributed by atoms with Crippen LogP contribution >= 0.6 is 0 Å². The van der Waals surface area contributed by atoms with Gasteiger partial charge in [0.15, 0.2) is 0 Å². The topological polar surface area (TPSA) is 221 Å². The fourth-order valence-corrected chi connectivity index (χ4v) is 0. The van der Waals surface area contributed by atoms with Crippen molar-refractivity contribution < 1.29 is 37.7 Å². The number of nitrogens with zero attached hydrogens (tertiary/aromatic N) is 1. The molecule has 0 saturated heterocycles. The van der Waals surface area contributed by atoms with Gasteiger partial charge in [0.05, 0.1) is 0 Å². The van der Waals surface area contributed by atoms with Crippen molar-refractivity contribution in [3.63, 3.8) is 0 Å². The SMILES string of the molecule is O.O.O.O.O.O=[N+]([O-])O.[In]. The van der Waals surface area contributed by atoms with Crippen LogP contribution in [0.3, 0.4) is 0 Å². The van der Waals surface area contributed by atoms with Crippen LogP contribution in [-0.4, -0.2) is 63.5 Å². The minimum atomic E-state index is -1.50. The van der Waals surface area contributed by atoms with Crippen molar-refractivity contribution in [2.45, 2.75) is 0 Å². The summed E-state index contributed by atoms with van der Waals surface area (Å²) in [6.07, 6.45) is 0. The first-order chi connectivity index (χ1) is 1.73. The van der Waals surface area contributed by atoms with Gasteiger partial charge in [-0.1, -0.05) is 0 Å². The molecule has 0 spiro atoms. The monoisotopic (exact) mass is 268 g/mol. The van der Waals surface area contributed by atoms with Crippen molar-refractivity contribution in [3.8, 4) is 0 Å².